The zero-order chi connectivity index (χ0) is 29.5. The van der Waals surface area contributed by atoms with Gasteiger partial charge in [0.15, 0.2) is 15.7 Å². The van der Waals surface area contributed by atoms with Gasteiger partial charge >= 0.3 is 0 Å². The van der Waals surface area contributed by atoms with Gasteiger partial charge in [-0.25, -0.2) is 31.8 Å². The van der Waals surface area contributed by atoms with Crippen LogP contribution in [-0.2, 0) is 19.9 Å². The van der Waals surface area contributed by atoms with Gasteiger partial charge in [-0.1, -0.05) is 0 Å². The molecule has 41 heavy (non-hydrogen) atoms. The number of aromatic nitrogens is 5. The number of carbonyl (C=O) groups excluding carboxylic acids is 1. The molecule has 0 spiro atoms. The fourth-order valence-corrected chi connectivity index (χ4v) is 7.16. The van der Waals surface area contributed by atoms with Gasteiger partial charge in [0.1, 0.15) is 11.6 Å². The highest BCUT2D eigenvalue weighted by molar-refractivity contribution is 7.92. The quantitative estimate of drug-likeness (QED) is 0.331. The molecule has 220 valence electrons. The van der Waals surface area contributed by atoms with Gasteiger partial charge in [-0.15, -0.1) is 0 Å². The number of rotatable bonds is 11. The second-order valence-electron chi connectivity index (χ2n) is 11.1. The molecular formula is C26H34N8O5S2. The van der Waals surface area contributed by atoms with E-state index in [4.69, 9.17) is 0 Å². The van der Waals surface area contributed by atoms with Gasteiger partial charge in [-0.3, -0.25) is 4.79 Å². The van der Waals surface area contributed by atoms with Crippen LogP contribution in [0.3, 0.4) is 0 Å². The number of amides is 1. The number of likely N-dealkylation sites (tertiary alicyclic amines) is 1. The van der Waals surface area contributed by atoms with Gasteiger partial charge < -0.3 is 15.5 Å². The van der Waals surface area contributed by atoms with Crippen molar-refractivity contribution in [3.8, 4) is 11.4 Å². The highest BCUT2D eigenvalue weighted by Gasteiger charge is 2.38. The Bertz CT molecular complexity index is 1660. The van der Waals surface area contributed by atoms with Gasteiger partial charge in [0.25, 0.3) is 15.9 Å². The summed E-state index contributed by atoms with van der Waals surface area (Å²) in [5.41, 5.74) is 1.44. The summed E-state index contributed by atoms with van der Waals surface area (Å²) in [5, 5.41) is 9.59. The standard InChI is InChI=1S/C26H34N8O5S2/c1-16(2)30-22-9-24(28-11-21(22)26(35)33-12-18(13-33)15-40(36,37)17(3)4)31-23-7-8-27-25(32-23)19-10-29-34(14-19)41(38,39)20-5-6-20/h7-11,14,16-18,20H,5-6,12-13,15H2,1-4H3,(H2,27,28,30,31,32). The van der Waals surface area contributed by atoms with Gasteiger partial charge in [0.2, 0.25) is 0 Å². The third-order valence-electron chi connectivity index (χ3n) is 6.95. The topological polar surface area (TPSA) is 169 Å². The van der Waals surface area contributed by atoms with E-state index in [2.05, 4.69) is 30.7 Å². The minimum atomic E-state index is -3.50. The van der Waals surface area contributed by atoms with E-state index in [1.807, 2.05) is 13.8 Å². The van der Waals surface area contributed by atoms with Crippen molar-refractivity contribution in [2.24, 2.45) is 5.92 Å². The highest BCUT2D eigenvalue weighted by Crippen LogP contribution is 2.31. The molecule has 5 rings (SSSR count). The summed E-state index contributed by atoms with van der Waals surface area (Å²) in [5.74, 6) is 0.941. The lowest BCUT2D eigenvalue weighted by atomic mass is 10.0. The monoisotopic (exact) mass is 602 g/mol. The van der Waals surface area contributed by atoms with Crippen molar-refractivity contribution >= 4 is 43.1 Å². The van der Waals surface area contributed by atoms with Crippen LogP contribution in [0.1, 0.15) is 50.9 Å². The lowest BCUT2D eigenvalue weighted by Gasteiger charge is -2.39. The summed E-state index contributed by atoms with van der Waals surface area (Å²) in [6.45, 7) is 8.01. The van der Waals surface area contributed by atoms with E-state index < -0.39 is 25.1 Å². The molecule has 15 heteroatoms. The van der Waals surface area contributed by atoms with Crippen LogP contribution in [0.4, 0.5) is 17.3 Å². The molecule has 1 aliphatic heterocycles. The maximum atomic E-state index is 13.3. The molecule has 13 nitrogen and oxygen atoms in total. The normalized spacial score (nSPS) is 16.2. The molecule has 0 unspecified atom stereocenters. The van der Waals surface area contributed by atoms with E-state index >= 15 is 0 Å². The molecule has 3 aromatic rings. The number of hydrogen-bond donors (Lipinski definition) is 2. The molecule has 1 saturated heterocycles. The SMILES string of the molecule is CC(C)Nc1cc(Nc2ccnc(-c3cnn(S(=O)(=O)C4CC4)c3)n2)ncc1C(=O)N1CC(CS(=O)(=O)C(C)C)C1. The Kier molecular flexibility index (Phi) is 7.76. The summed E-state index contributed by atoms with van der Waals surface area (Å²) < 4.78 is 50.4. The molecule has 2 fully saturated rings. The number of hydrogen-bond acceptors (Lipinski definition) is 11. The summed E-state index contributed by atoms with van der Waals surface area (Å²) in [4.78, 5) is 28.1. The third kappa shape index (κ3) is 6.35. The van der Waals surface area contributed by atoms with Gasteiger partial charge in [-0.2, -0.15) is 9.19 Å². The summed E-state index contributed by atoms with van der Waals surface area (Å²) in [6.07, 6.45) is 7.14. The Morgan fingerprint density at radius 3 is 2.44 bits per heavy atom. The van der Waals surface area contributed by atoms with Crippen molar-refractivity contribution in [3.05, 3.63) is 42.5 Å². The number of nitrogens with zero attached hydrogens (tertiary/aromatic N) is 6. The predicted molar refractivity (Wildman–Crippen MR) is 155 cm³/mol. The zero-order valence-corrected chi connectivity index (χ0v) is 25.0. The van der Waals surface area contributed by atoms with E-state index in [9.17, 15) is 21.6 Å². The van der Waals surface area contributed by atoms with E-state index in [-0.39, 0.29) is 28.9 Å². The maximum Gasteiger partial charge on any atom is 0.257 e. The van der Waals surface area contributed by atoms with Crippen molar-refractivity contribution in [2.75, 3.05) is 29.5 Å². The van der Waals surface area contributed by atoms with E-state index in [0.29, 0.717) is 60.2 Å². The van der Waals surface area contributed by atoms with Crippen molar-refractivity contribution in [2.45, 2.75) is 57.1 Å². The Morgan fingerprint density at radius 1 is 1.05 bits per heavy atom. The van der Waals surface area contributed by atoms with Crippen LogP contribution < -0.4 is 10.6 Å². The van der Waals surface area contributed by atoms with E-state index in [1.54, 1.807) is 37.1 Å². The first-order valence-electron chi connectivity index (χ1n) is 13.5. The second-order valence-corrected chi connectivity index (χ2v) is 15.8. The molecule has 1 amide bonds. The van der Waals surface area contributed by atoms with Gasteiger partial charge in [-0.05, 0) is 46.6 Å². The molecule has 1 saturated carbocycles. The van der Waals surface area contributed by atoms with E-state index in [0.717, 1.165) is 4.09 Å². The number of sulfone groups is 1. The minimum absolute atomic E-state index is 0.0335. The molecule has 0 bridgehead atoms. The van der Waals surface area contributed by atoms with Crippen LogP contribution in [0.15, 0.2) is 36.9 Å². The largest absolute Gasteiger partial charge is 0.382 e. The smallest absolute Gasteiger partial charge is 0.257 e. The fraction of sp³-hybridized carbons (Fsp3) is 0.500. The lowest BCUT2D eigenvalue weighted by Crippen LogP contribution is -2.52. The number of carbonyl (C=O) groups is 1. The summed E-state index contributed by atoms with van der Waals surface area (Å²) in [7, 11) is -6.67. The lowest BCUT2D eigenvalue weighted by molar-refractivity contribution is 0.0535. The number of anilines is 3. The van der Waals surface area contributed by atoms with Crippen LogP contribution >= 0.6 is 0 Å². The predicted octanol–water partition coefficient (Wildman–Crippen LogP) is 2.53. The average Bonchev–Trinajstić information content (AvgIpc) is 3.62. The van der Waals surface area contributed by atoms with Crippen LogP contribution in [0.5, 0.6) is 0 Å². The van der Waals surface area contributed by atoms with E-state index in [1.165, 1.54) is 18.6 Å². The fourth-order valence-electron chi connectivity index (χ4n) is 4.43. The Morgan fingerprint density at radius 2 is 1.78 bits per heavy atom. The molecule has 0 aromatic carbocycles. The molecule has 0 radical (unpaired) electrons. The van der Waals surface area contributed by atoms with Crippen LogP contribution in [0.2, 0.25) is 0 Å². The molecule has 2 N–H and O–H groups in total. The molecule has 1 aliphatic carbocycles. The molecule has 3 aromatic heterocycles. The highest BCUT2D eigenvalue weighted by atomic mass is 32.2. The van der Waals surface area contributed by atoms with Gasteiger partial charge in [0, 0.05) is 43.5 Å². The van der Waals surface area contributed by atoms with Crippen LogP contribution in [0.25, 0.3) is 11.4 Å². The summed E-state index contributed by atoms with van der Waals surface area (Å²) >= 11 is 0. The van der Waals surface area contributed by atoms with Crippen LogP contribution in [0, 0.1) is 5.92 Å². The summed E-state index contributed by atoms with van der Waals surface area (Å²) in [6, 6.07) is 3.40. The Balaban J connectivity index is 1.30. The first-order valence-corrected chi connectivity index (χ1v) is 16.7. The molecule has 4 heterocycles. The van der Waals surface area contributed by atoms with Crippen molar-refractivity contribution in [3.63, 3.8) is 0 Å². The minimum Gasteiger partial charge on any atom is -0.382 e. The van der Waals surface area contributed by atoms with Crippen LogP contribution in [-0.4, -0.2) is 87.2 Å². The first kappa shape index (κ1) is 28.9. The molecule has 2 aliphatic rings. The Hall–Kier alpha value is -3.59. The van der Waals surface area contributed by atoms with Gasteiger partial charge in [0.05, 0.1) is 45.5 Å². The first-order chi connectivity index (χ1) is 19.3. The zero-order valence-electron chi connectivity index (χ0n) is 23.4. The maximum absolute atomic E-state index is 13.3. The molecule has 0 atom stereocenters. The Labute approximate surface area is 239 Å². The number of nitrogens with one attached hydrogen (secondary N) is 2. The third-order valence-corrected chi connectivity index (χ3v) is 11.4. The average molecular weight is 603 g/mol. The van der Waals surface area contributed by atoms with Crippen molar-refractivity contribution in [1.29, 1.82) is 0 Å². The second kappa shape index (κ2) is 11.0. The van der Waals surface area contributed by atoms with Crippen molar-refractivity contribution in [1.82, 2.24) is 29.0 Å². The number of pyridine rings is 1. The molecular weight excluding hydrogens is 568 g/mol. The van der Waals surface area contributed by atoms with Crippen molar-refractivity contribution < 1.29 is 21.6 Å².